The molecule has 0 saturated heterocycles. The monoisotopic (exact) mass is 403 g/mol. The number of fused-ring (bicyclic) bond motifs is 9. The lowest BCUT2D eigenvalue weighted by atomic mass is 9.82. The number of rotatable bonds is 0. The van der Waals surface area contributed by atoms with Gasteiger partial charge in [0.1, 0.15) is 0 Å². The first kappa shape index (κ1) is 16.7. The Labute approximate surface area is 179 Å². The van der Waals surface area contributed by atoms with Crippen LogP contribution in [-0.2, 0) is 12.5 Å². The summed E-state index contributed by atoms with van der Waals surface area (Å²) in [5.74, 6) is 0. The molecule has 6 aromatic rings. The van der Waals surface area contributed by atoms with Crippen molar-refractivity contribution in [3.8, 4) is 11.1 Å². The zero-order valence-electron chi connectivity index (χ0n) is 17.3. The quantitative estimate of drug-likeness (QED) is 0.242. The van der Waals surface area contributed by atoms with Gasteiger partial charge in [-0.15, -0.1) is 11.3 Å². The number of hydrogen-bond donors (Lipinski definition) is 0. The van der Waals surface area contributed by atoms with E-state index >= 15 is 0 Å². The van der Waals surface area contributed by atoms with Gasteiger partial charge in [0.25, 0.3) is 0 Å². The first-order valence-corrected chi connectivity index (χ1v) is 11.3. The molecule has 0 radical (unpaired) electrons. The van der Waals surface area contributed by atoms with Gasteiger partial charge in [-0.1, -0.05) is 56.3 Å². The fourth-order valence-electron chi connectivity index (χ4n) is 5.61. The average molecular weight is 404 g/mol. The minimum Gasteiger partial charge on any atom is -0.344 e. The molecule has 0 amide bonds. The van der Waals surface area contributed by atoms with Crippen LogP contribution in [0, 0.1) is 0 Å². The summed E-state index contributed by atoms with van der Waals surface area (Å²) < 4.78 is 5.12. The highest BCUT2D eigenvalue weighted by molar-refractivity contribution is 7.25. The average Bonchev–Trinajstić information content (AvgIpc) is 3.33. The summed E-state index contributed by atoms with van der Waals surface area (Å²) in [6, 6.07) is 27.4. The van der Waals surface area contributed by atoms with Crippen molar-refractivity contribution in [2.24, 2.45) is 7.05 Å². The van der Waals surface area contributed by atoms with E-state index in [2.05, 4.69) is 98.3 Å². The molecule has 0 fully saturated rings. The first-order chi connectivity index (χ1) is 14.5. The van der Waals surface area contributed by atoms with Crippen molar-refractivity contribution in [3.05, 3.63) is 83.9 Å². The molecule has 1 aliphatic carbocycles. The van der Waals surface area contributed by atoms with Crippen LogP contribution >= 0.6 is 11.3 Å². The maximum atomic E-state index is 2.44. The normalized spacial score (nSPS) is 14.8. The largest absolute Gasteiger partial charge is 0.344 e. The Hall–Kier alpha value is -3.10. The van der Waals surface area contributed by atoms with Gasteiger partial charge in [0.2, 0.25) is 0 Å². The van der Waals surface area contributed by atoms with Crippen LogP contribution in [0.1, 0.15) is 25.0 Å². The molecule has 1 nitrogen and oxygen atoms in total. The van der Waals surface area contributed by atoms with E-state index in [1.807, 2.05) is 11.3 Å². The van der Waals surface area contributed by atoms with E-state index in [1.54, 1.807) is 0 Å². The van der Waals surface area contributed by atoms with E-state index in [4.69, 9.17) is 0 Å². The highest BCUT2D eigenvalue weighted by Gasteiger charge is 2.35. The van der Waals surface area contributed by atoms with E-state index in [1.165, 1.54) is 64.2 Å². The summed E-state index contributed by atoms with van der Waals surface area (Å²) >= 11 is 1.90. The predicted molar refractivity (Wildman–Crippen MR) is 131 cm³/mol. The zero-order chi connectivity index (χ0) is 20.2. The molecule has 2 heterocycles. The van der Waals surface area contributed by atoms with Gasteiger partial charge in [0.15, 0.2) is 0 Å². The molecular formula is C28H21NS. The zero-order valence-corrected chi connectivity index (χ0v) is 18.1. The summed E-state index contributed by atoms with van der Waals surface area (Å²) in [7, 11) is 2.21. The van der Waals surface area contributed by atoms with Crippen molar-refractivity contribution < 1.29 is 0 Å². The summed E-state index contributed by atoms with van der Waals surface area (Å²) in [4.78, 5) is 0. The second-order valence-electron chi connectivity index (χ2n) is 9.11. The third kappa shape index (κ3) is 1.88. The molecule has 0 atom stereocenters. The van der Waals surface area contributed by atoms with Crippen LogP contribution < -0.4 is 0 Å². The predicted octanol–water partition coefficient (Wildman–Crippen LogP) is 8.01. The second kappa shape index (κ2) is 5.33. The summed E-state index contributed by atoms with van der Waals surface area (Å²) in [6.07, 6.45) is 0. The van der Waals surface area contributed by atoms with Gasteiger partial charge in [-0.05, 0) is 52.6 Å². The lowest BCUT2D eigenvalue weighted by Crippen LogP contribution is -2.14. The highest BCUT2D eigenvalue weighted by Crippen LogP contribution is 2.51. The Bertz CT molecular complexity index is 1680. The van der Waals surface area contributed by atoms with Crippen LogP contribution in [0.3, 0.4) is 0 Å². The third-order valence-corrected chi connectivity index (χ3v) is 8.34. The van der Waals surface area contributed by atoms with Gasteiger partial charge < -0.3 is 4.57 Å². The smallest absolute Gasteiger partial charge is 0.0495 e. The summed E-state index contributed by atoms with van der Waals surface area (Å²) in [5.41, 5.74) is 8.34. The topological polar surface area (TPSA) is 4.93 Å². The Morgan fingerprint density at radius 2 is 1.37 bits per heavy atom. The van der Waals surface area contributed by atoms with Gasteiger partial charge in [-0.3, -0.25) is 0 Å². The maximum Gasteiger partial charge on any atom is 0.0495 e. The number of benzene rings is 4. The molecule has 7 rings (SSSR count). The fraction of sp³-hybridized carbons (Fsp3) is 0.143. The number of nitrogens with zero attached hydrogens (tertiary/aromatic N) is 1. The molecule has 0 N–H and O–H groups in total. The van der Waals surface area contributed by atoms with Crippen LogP contribution in [0.2, 0.25) is 0 Å². The molecule has 2 aromatic heterocycles. The molecule has 0 aliphatic heterocycles. The standard InChI is InChI=1S/C28H21NS/c1-28(2)22-10-6-4-8-16(22)18-12-19-20-14-27-21(17-9-5-7-11-26(17)30-27)13-24(20)29(3)25(19)15-23(18)28/h4-15H,1-3H3. The van der Waals surface area contributed by atoms with Crippen molar-refractivity contribution in [1.29, 1.82) is 0 Å². The molecule has 2 heteroatoms. The van der Waals surface area contributed by atoms with E-state index < -0.39 is 0 Å². The van der Waals surface area contributed by atoms with Crippen LogP contribution in [0.5, 0.6) is 0 Å². The summed E-state index contributed by atoms with van der Waals surface area (Å²) in [5, 5.41) is 5.45. The van der Waals surface area contributed by atoms with Crippen molar-refractivity contribution in [1.82, 2.24) is 4.57 Å². The highest BCUT2D eigenvalue weighted by atomic mass is 32.1. The third-order valence-electron chi connectivity index (χ3n) is 7.21. The van der Waals surface area contributed by atoms with Crippen LogP contribution in [-0.4, -0.2) is 4.57 Å². The molecule has 30 heavy (non-hydrogen) atoms. The van der Waals surface area contributed by atoms with Crippen LogP contribution in [0.25, 0.3) is 53.1 Å². The Morgan fingerprint density at radius 1 is 0.633 bits per heavy atom. The van der Waals surface area contributed by atoms with E-state index in [0.717, 1.165) is 0 Å². The first-order valence-electron chi connectivity index (χ1n) is 10.5. The van der Waals surface area contributed by atoms with Crippen molar-refractivity contribution in [2.45, 2.75) is 19.3 Å². The second-order valence-corrected chi connectivity index (χ2v) is 10.2. The van der Waals surface area contributed by atoms with Gasteiger partial charge in [-0.2, -0.15) is 0 Å². The Balaban J connectivity index is 1.63. The van der Waals surface area contributed by atoms with Crippen molar-refractivity contribution in [3.63, 3.8) is 0 Å². The van der Waals surface area contributed by atoms with Gasteiger partial charge in [0, 0.05) is 54.4 Å². The lowest BCUT2D eigenvalue weighted by molar-refractivity contribution is 0.661. The number of thiophene rings is 1. The van der Waals surface area contributed by atoms with E-state index in [9.17, 15) is 0 Å². The minimum atomic E-state index is 0.0348. The van der Waals surface area contributed by atoms with E-state index in [0.29, 0.717) is 0 Å². The Kier molecular flexibility index (Phi) is 2.96. The number of hydrogen-bond acceptors (Lipinski definition) is 1. The van der Waals surface area contributed by atoms with Gasteiger partial charge in [0.05, 0.1) is 0 Å². The van der Waals surface area contributed by atoms with Crippen molar-refractivity contribution in [2.75, 3.05) is 0 Å². The minimum absolute atomic E-state index is 0.0348. The summed E-state index contributed by atoms with van der Waals surface area (Å²) in [6.45, 7) is 4.71. The van der Waals surface area contributed by atoms with Gasteiger partial charge >= 0.3 is 0 Å². The molecule has 0 spiro atoms. The lowest BCUT2D eigenvalue weighted by Gasteiger charge is -2.21. The van der Waals surface area contributed by atoms with Crippen molar-refractivity contribution >= 4 is 53.3 Å². The SMILES string of the molecule is Cn1c2cc3c(cc2c2cc4sc5ccccc5c4cc21)-c1ccccc1C3(C)C. The molecule has 0 unspecified atom stereocenters. The molecule has 0 bridgehead atoms. The maximum absolute atomic E-state index is 2.44. The number of aryl methyl sites for hydroxylation is 1. The van der Waals surface area contributed by atoms with Gasteiger partial charge in [-0.25, -0.2) is 0 Å². The molecule has 1 aliphatic rings. The van der Waals surface area contributed by atoms with Crippen LogP contribution in [0.4, 0.5) is 0 Å². The fourth-order valence-corrected chi connectivity index (χ4v) is 6.74. The molecule has 4 aromatic carbocycles. The molecule has 144 valence electrons. The van der Waals surface area contributed by atoms with E-state index in [-0.39, 0.29) is 5.41 Å². The Morgan fingerprint density at radius 3 is 2.27 bits per heavy atom. The molecular weight excluding hydrogens is 382 g/mol. The molecule has 0 saturated carbocycles. The number of aromatic nitrogens is 1. The van der Waals surface area contributed by atoms with Crippen LogP contribution in [0.15, 0.2) is 72.8 Å².